The van der Waals surface area contributed by atoms with Crippen LogP contribution in [0.2, 0.25) is 0 Å². The minimum atomic E-state index is -1.02. The van der Waals surface area contributed by atoms with E-state index in [-0.39, 0.29) is 12.0 Å². The Morgan fingerprint density at radius 2 is 1.89 bits per heavy atom. The summed E-state index contributed by atoms with van der Waals surface area (Å²) in [6.45, 7) is 6.59. The molecule has 106 valence electrons. The maximum atomic E-state index is 14.0. The van der Waals surface area contributed by atoms with E-state index in [2.05, 4.69) is 0 Å². The summed E-state index contributed by atoms with van der Waals surface area (Å²) in [5, 5.41) is 9.07. The molecule has 0 heterocycles. The van der Waals surface area contributed by atoms with E-state index in [0.29, 0.717) is 13.1 Å². The van der Waals surface area contributed by atoms with Crippen LogP contribution in [-0.4, -0.2) is 29.1 Å². The SMILES string of the molecule is CCN(CC)C(C)(CC(=O)O)c1ccc(F)cc1F. The number of hydrogen-bond acceptors (Lipinski definition) is 2. The fourth-order valence-corrected chi connectivity index (χ4v) is 2.52. The molecule has 0 saturated carbocycles. The van der Waals surface area contributed by atoms with E-state index >= 15 is 0 Å². The van der Waals surface area contributed by atoms with Gasteiger partial charge in [-0.05, 0) is 26.1 Å². The minimum absolute atomic E-state index is 0.208. The number of rotatable bonds is 6. The summed E-state index contributed by atoms with van der Waals surface area (Å²) in [5.41, 5.74) is -0.785. The van der Waals surface area contributed by atoms with Crippen LogP contribution in [0.15, 0.2) is 18.2 Å². The van der Waals surface area contributed by atoms with Crippen molar-refractivity contribution in [1.29, 1.82) is 0 Å². The van der Waals surface area contributed by atoms with Gasteiger partial charge in [0.25, 0.3) is 0 Å². The molecule has 0 aromatic heterocycles. The molecule has 0 aliphatic rings. The summed E-state index contributed by atoms with van der Waals surface area (Å²) < 4.78 is 27.0. The summed E-state index contributed by atoms with van der Waals surface area (Å²) in [6, 6.07) is 3.27. The topological polar surface area (TPSA) is 40.5 Å². The first-order chi connectivity index (χ1) is 8.85. The van der Waals surface area contributed by atoms with Crippen LogP contribution < -0.4 is 0 Å². The third kappa shape index (κ3) is 3.29. The number of benzene rings is 1. The van der Waals surface area contributed by atoms with Crippen LogP contribution in [0.5, 0.6) is 0 Å². The fraction of sp³-hybridized carbons (Fsp3) is 0.500. The van der Waals surface area contributed by atoms with Gasteiger partial charge in [0.1, 0.15) is 11.6 Å². The maximum absolute atomic E-state index is 14.0. The van der Waals surface area contributed by atoms with E-state index in [4.69, 9.17) is 5.11 Å². The van der Waals surface area contributed by atoms with E-state index < -0.39 is 23.1 Å². The fourth-order valence-electron chi connectivity index (χ4n) is 2.52. The van der Waals surface area contributed by atoms with Crippen molar-refractivity contribution in [3.63, 3.8) is 0 Å². The average Bonchev–Trinajstić information content (AvgIpc) is 2.28. The second-order valence-electron chi connectivity index (χ2n) is 4.64. The lowest BCUT2D eigenvalue weighted by Gasteiger charge is -2.40. The first kappa shape index (κ1) is 15.6. The van der Waals surface area contributed by atoms with Gasteiger partial charge in [-0.1, -0.05) is 19.9 Å². The van der Waals surface area contributed by atoms with Gasteiger partial charge in [-0.25, -0.2) is 8.78 Å². The predicted octanol–water partition coefficient (Wildman–Crippen LogP) is 3.00. The van der Waals surface area contributed by atoms with Crippen LogP contribution in [-0.2, 0) is 10.3 Å². The Morgan fingerprint density at radius 3 is 2.32 bits per heavy atom. The van der Waals surface area contributed by atoms with Gasteiger partial charge in [-0.15, -0.1) is 0 Å². The zero-order valence-electron chi connectivity index (χ0n) is 11.4. The number of hydrogen-bond donors (Lipinski definition) is 1. The van der Waals surface area contributed by atoms with Gasteiger partial charge < -0.3 is 5.11 Å². The van der Waals surface area contributed by atoms with Crippen molar-refractivity contribution < 1.29 is 18.7 Å². The highest BCUT2D eigenvalue weighted by atomic mass is 19.1. The Kier molecular flexibility index (Phi) is 5.00. The number of carboxylic acid groups (broad SMARTS) is 1. The summed E-state index contributed by atoms with van der Waals surface area (Å²) in [6.07, 6.45) is -0.239. The van der Waals surface area contributed by atoms with Crippen molar-refractivity contribution in [3.8, 4) is 0 Å². The molecule has 3 nitrogen and oxygen atoms in total. The molecule has 0 spiro atoms. The Bertz CT molecular complexity index is 461. The highest BCUT2D eigenvalue weighted by Gasteiger charge is 2.36. The minimum Gasteiger partial charge on any atom is -0.481 e. The predicted molar refractivity (Wildman–Crippen MR) is 68.9 cm³/mol. The largest absolute Gasteiger partial charge is 0.481 e. The van der Waals surface area contributed by atoms with Crippen molar-refractivity contribution in [2.75, 3.05) is 13.1 Å². The molecule has 1 rings (SSSR count). The molecule has 1 unspecified atom stereocenters. The Balaban J connectivity index is 3.33. The molecule has 1 N–H and O–H groups in total. The Hall–Kier alpha value is -1.49. The highest BCUT2D eigenvalue weighted by Crippen LogP contribution is 2.33. The van der Waals surface area contributed by atoms with Gasteiger partial charge in [-0.2, -0.15) is 0 Å². The molecule has 19 heavy (non-hydrogen) atoms. The molecule has 0 radical (unpaired) electrons. The number of carbonyl (C=O) groups is 1. The van der Waals surface area contributed by atoms with Crippen LogP contribution in [0.3, 0.4) is 0 Å². The van der Waals surface area contributed by atoms with Crippen LogP contribution in [0.4, 0.5) is 8.78 Å². The molecule has 0 aliphatic heterocycles. The van der Waals surface area contributed by atoms with Gasteiger partial charge >= 0.3 is 5.97 Å². The highest BCUT2D eigenvalue weighted by molar-refractivity contribution is 5.69. The van der Waals surface area contributed by atoms with Crippen molar-refractivity contribution in [2.45, 2.75) is 32.7 Å². The number of carboxylic acids is 1. The molecule has 0 fully saturated rings. The monoisotopic (exact) mass is 271 g/mol. The summed E-state index contributed by atoms with van der Waals surface area (Å²) in [5.74, 6) is -2.40. The van der Waals surface area contributed by atoms with Gasteiger partial charge in [0.05, 0.1) is 12.0 Å². The molecule has 0 bridgehead atoms. The molecule has 1 atom stereocenters. The van der Waals surface area contributed by atoms with Crippen molar-refractivity contribution >= 4 is 5.97 Å². The molecule has 0 aliphatic carbocycles. The van der Waals surface area contributed by atoms with Crippen LogP contribution in [0, 0.1) is 11.6 Å². The molecular weight excluding hydrogens is 252 g/mol. The van der Waals surface area contributed by atoms with Crippen LogP contribution in [0.1, 0.15) is 32.8 Å². The standard InChI is InChI=1S/C14H19F2NO2/c1-4-17(5-2)14(3,9-13(18)19)11-7-6-10(15)8-12(11)16/h6-8H,4-5,9H2,1-3H3,(H,18,19). The number of aliphatic carboxylic acids is 1. The first-order valence-corrected chi connectivity index (χ1v) is 6.27. The van der Waals surface area contributed by atoms with Crippen molar-refractivity contribution in [1.82, 2.24) is 4.90 Å². The van der Waals surface area contributed by atoms with Crippen LogP contribution >= 0.6 is 0 Å². The number of halogens is 2. The molecule has 5 heteroatoms. The zero-order valence-corrected chi connectivity index (χ0v) is 11.4. The van der Waals surface area contributed by atoms with Crippen LogP contribution in [0.25, 0.3) is 0 Å². The smallest absolute Gasteiger partial charge is 0.305 e. The van der Waals surface area contributed by atoms with E-state index in [9.17, 15) is 13.6 Å². The normalized spacial score (nSPS) is 14.4. The zero-order chi connectivity index (χ0) is 14.6. The first-order valence-electron chi connectivity index (χ1n) is 6.27. The quantitative estimate of drug-likeness (QED) is 0.864. The Labute approximate surface area is 111 Å². The second kappa shape index (κ2) is 6.10. The lowest BCUT2D eigenvalue weighted by molar-refractivity contribution is -0.140. The van der Waals surface area contributed by atoms with Gasteiger partial charge in [0.15, 0.2) is 0 Å². The van der Waals surface area contributed by atoms with E-state index in [0.717, 1.165) is 12.1 Å². The van der Waals surface area contributed by atoms with Gasteiger partial charge in [-0.3, -0.25) is 9.69 Å². The summed E-state index contributed by atoms with van der Waals surface area (Å²) >= 11 is 0. The lowest BCUT2D eigenvalue weighted by atomic mass is 9.86. The number of nitrogens with zero attached hydrogens (tertiary/aromatic N) is 1. The maximum Gasteiger partial charge on any atom is 0.305 e. The summed E-state index contributed by atoms with van der Waals surface area (Å²) in [7, 11) is 0. The Morgan fingerprint density at radius 1 is 1.32 bits per heavy atom. The molecule has 0 amide bonds. The summed E-state index contributed by atoms with van der Waals surface area (Å²) in [4.78, 5) is 12.9. The second-order valence-corrected chi connectivity index (χ2v) is 4.64. The van der Waals surface area contributed by atoms with Crippen molar-refractivity contribution in [2.24, 2.45) is 0 Å². The van der Waals surface area contributed by atoms with E-state index in [1.54, 1.807) is 6.92 Å². The third-order valence-electron chi connectivity index (χ3n) is 3.47. The third-order valence-corrected chi connectivity index (χ3v) is 3.47. The average molecular weight is 271 g/mol. The molecule has 0 saturated heterocycles. The van der Waals surface area contributed by atoms with Gasteiger partial charge in [0.2, 0.25) is 0 Å². The molecule has 1 aromatic carbocycles. The van der Waals surface area contributed by atoms with Gasteiger partial charge in [0, 0.05) is 11.6 Å². The lowest BCUT2D eigenvalue weighted by Crippen LogP contribution is -2.45. The van der Waals surface area contributed by atoms with E-state index in [1.165, 1.54) is 6.07 Å². The van der Waals surface area contributed by atoms with Crippen molar-refractivity contribution in [3.05, 3.63) is 35.4 Å². The molecular formula is C14H19F2NO2. The molecule has 1 aromatic rings. The van der Waals surface area contributed by atoms with E-state index in [1.807, 2.05) is 18.7 Å².